The molecule has 6 nitrogen and oxygen atoms in total. The number of ketones is 1. The van der Waals surface area contributed by atoms with E-state index in [-0.39, 0.29) is 18.1 Å². The Balaban J connectivity index is 2.41. The van der Waals surface area contributed by atoms with Crippen LogP contribution < -0.4 is 5.73 Å². The van der Waals surface area contributed by atoms with Gasteiger partial charge in [0.1, 0.15) is 5.78 Å². The van der Waals surface area contributed by atoms with E-state index in [4.69, 9.17) is 5.73 Å². The summed E-state index contributed by atoms with van der Waals surface area (Å²) in [6.07, 6.45) is 0.729. The second-order valence-corrected chi connectivity index (χ2v) is 3.46. The van der Waals surface area contributed by atoms with Crippen molar-refractivity contribution in [1.29, 1.82) is 0 Å². The summed E-state index contributed by atoms with van der Waals surface area (Å²) < 4.78 is 0. The number of nitrogens with two attached hydrogens (primary N) is 1. The van der Waals surface area contributed by atoms with Crippen molar-refractivity contribution in [2.24, 2.45) is 18.7 Å². The van der Waals surface area contributed by atoms with Crippen LogP contribution in [0, 0.1) is 5.92 Å². The molecule has 1 unspecified atom stereocenters. The SMILES string of the molecule is CC(CN)CC(=O)Cc1nnn(C)n1. The van der Waals surface area contributed by atoms with Gasteiger partial charge in [-0.2, -0.15) is 4.80 Å². The third-order valence-electron chi connectivity index (χ3n) is 1.88. The molecule has 0 saturated carbocycles. The van der Waals surface area contributed by atoms with Gasteiger partial charge in [0.05, 0.1) is 13.5 Å². The zero-order valence-corrected chi connectivity index (χ0v) is 8.47. The van der Waals surface area contributed by atoms with Crippen molar-refractivity contribution in [1.82, 2.24) is 20.2 Å². The third kappa shape index (κ3) is 3.21. The fraction of sp³-hybridized carbons (Fsp3) is 0.750. The van der Waals surface area contributed by atoms with Gasteiger partial charge in [-0.25, -0.2) is 0 Å². The summed E-state index contributed by atoms with van der Waals surface area (Å²) >= 11 is 0. The van der Waals surface area contributed by atoms with Crippen LogP contribution in [0.4, 0.5) is 0 Å². The summed E-state index contributed by atoms with van der Waals surface area (Å²) in [6, 6.07) is 0. The maximum atomic E-state index is 11.4. The molecule has 0 spiro atoms. The number of carbonyl (C=O) groups excluding carboxylic acids is 1. The van der Waals surface area contributed by atoms with Crippen molar-refractivity contribution in [3.05, 3.63) is 5.82 Å². The number of hydrogen-bond donors (Lipinski definition) is 1. The maximum absolute atomic E-state index is 11.4. The van der Waals surface area contributed by atoms with Gasteiger partial charge in [-0.15, -0.1) is 10.2 Å². The number of rotatable bonds is 5. The minimum Gasteiger partial charge on any atom is -0.330 e. The second-order valence-electron chi connectivity index (χ2n) is 3.46. The predicted molar refractivity (Wildman–Crippen MR) is 50.3 cm³/mol. The minimum atomic E-state index is 0.107. The quantitative estimate of drug-likeness (QED) is 0.675. The summed E-state index contributed by atoms with van der Waals surface area (Å²) in [5.74, 6) is 0.803. The van der Waals surface area contributed by atoms with Crippen molar-refractivity contribution in [2.75, 3.05) is 6.54 Å². The summed E-state index contributed by atoms with van der Waals surface area (Å²) in [5, 5.41) is 11.3. The van der Waals surface area contributed by atoms with Crippen molar-refractivity contribution >= 4 is 5.78 Å². The molecule has 78 valence electrons. The van der Waals surface area contributed by atoms with Crippen LogP contribution in [0.1, 0.15) is 19.2 Å². The average Bonchev–Trinajstić information content (AvgIpc) is 2.50. The molecular weight excluding hydrogens is 182 g/mol. The molecular formula is C8H15N5O. The Morgan fingerprint density at radius 3 is 2.86 bits per heavy atom. The molecule has 0 aliphatic heterocycles. The van der Waals surface area contributed by atoms with Crippen LogP contribution in [-0.2, 0) is 18.3 Å². The molecule has 0 bridgehead atoms. The zero-order valence-electron chi connectivity index (χ0n) is 8.47. The van der Waals surface area contributed by atoms with Crippen molar-refractivity contribution < 1.29 is 4.79 Å². The number of Topliss-reactive ketones (excluding diaryl/α,β-unsaturated/α-hetero) is 1. The Kier molecular flexibility index (Phi) is 3.70. The third-order valence-corrected chi connectivity index (χ3v) is 1.88. The summed E-state index contributed by atoms with van der Waals surface area (Å²) in [6.45, 7) is 2.47. The molecule has 0 aliphatic rings. The molecule has 1 atom stereocenters. The van der Waals surface area contributed by atoms with Crippen LogP contribution in [0.2, 0.25) is 0 Å². The zero-order chi connectivity index (χ0) is 10.6. The number of hydrogen-bond acceptors (Lipinski definition) is 5. The predicted octanol–water partition coefficient (Wildman–Crippen LogP) is -0.693. The maximum Gasteiger partial charge on any atom is 0.182 e. The van der Waals surface area contributed by atoms with Gasteiger partial charge in [0.25, 0.3) is 0 Å². The van der Waals surface area contributed by atoms with E-state index in [1.54, 1.807) is 7.05 Å². The van der Waals surface area contributed by atoms with Crippen molar-refractivity contribution in [2.45, 2.75) is 19.8 Å². The fourth-order valence-electron chi connectivity index (χ4n) is 1.11. The number of tetrazole rings is 1. The van der Waals surface area contributed by atoms with E-state index in [1.807, 2.05) is 6.92 Å². The minimum absolute atomic E-state index is 0.107. The first-order valence-electron chi connectivity index (χ1n) is 4.56. The van der Waals surface area contributed by atoms with Gasteiger partial charge < -0.3 is 5.73 Å². The Bertz CT molecular complexity index is 308. The number of aromatic nitrogens is 4. The summed E-state index contributed by atoms with van der Waals surface area (Å²) in [5.41, 5.74) is 5.42. The lowest BCUT2D eigenvalue weighted by atomic mass is 10.0. The molecule has 0 saturated heterocycles. The molecule has 1 heterocycles. The van der Waals surface area contributed by atoms with E-state index in [0.29, 0.717) is 18.8 Å². The lowest BCUT2D eigenvalue weighted by molar-refractivity contribution is -0.119. The Morgan fingerprint density at radius 2 is 2.36 bits per heavy atom. The van der Waals surface area contributed by atoms with E-state index in [2.05, 4.69) is 15.4 Å². The highest BCUT2D eigenvalue weighted by molar-refractivity contribution is 5.80. The Morgan fingerprint density at radius 1 is 1.64 bits per heavy atom. The second kappa shape index (κ2) is 4.80. The Labute approximate surface area is 82.5 Å². The van der Waals surface area contributed by atoms with E-state index in [9.17, 15) is 4.79 Å². The van der Waals surface area contributed by atoms with Crippen LogP contribution in [0.3, 0.4) is 0 Å². The highest BCUT2D eigenvalue weighted by Crippen LogP contribution is 2.02. The van der Waals surface area contributed by atoms with Gasteiger partial charge in [-0.1, -0.05) is 6.92 Å². The highest BCUT2D eigenvalue weighted by atomic mass is 16.1. The summed E-state index contributed by atoms with van der Waals surface area (Å²) in [4.78, 5) is 12.8. The lowest BCUT2D eigenvalue weighted by Crippen LogP contribution is -2.16. The van der Waals surface area contributed by atoms with Crippen molar-refractivity contribution in [3.8, 4) is 0 Å². The smallest absolute Gasteiger partial charge is 0.182 e. The van der Waals surface area contributed by atoms with E-state index in [0.717, 1.165) is 0 Å². The standard InChI is InChI=1S/C8H15N5O/c1-6(5-9)3-7(14)4-8-10-12-13(2)11-8/h6H,3-5,9H2,1-2H3. The Hall–Kier alpha value is -1.30. The van der Waals surface area contributed by atoms with Crippen LogP contribution in [-0.4, -0.2) is 32.5 Å². The van der Waals surface area contributed by atoms with Gasteiger partial charge in [-0.05, 0) is 17.7 Å². The van der Waals surface area contributed by atoms with Crippen LogP contribution >= 0.6 is 0 Å². The van der Waals surface area contributed by atoms with Crippen LogP contribution in [0.25, 0.3) is 0 Å². The van der Waals surface area contributed by atoms with Gasteiger partial charge >= 0.3 is 0 Å². The molecule has 0 fully saturated rings. The number of nitrogens with zero attached hydrogens (tertiary/aromatic N) is 4. The van der Waals surface area contributed by atoms with Gasteiger partial charge in [0.2, 0.25) is 0 Å². The molecule has 6 heteroatoms. The molecule has 14 heavy (non-hydrogen) atoms. The van der Waals surface area contributed by atoms with E-state index >= 15 is 0 Å². The first-order chi connectivity index (χ1) is 6.61. The molecule has 1 aromatic rings. The molecule has 2 N–H and O–H groups in total. The normalized spacial score (nSPS) is 12.8. The van der Waals surface area contributed by atoms with E-state index < -0.39 is 0 Å². The lowest BCUT2D eigenvalue weighted by Gasteiger charge is -2.04. The highest BCUT2D eigenvalue weighted by Gasteiger charge is 2.11. The van der Waals surface area contributed by atoms with Crippen molar-refractivity contribution in [3.63, 3.8) is 0 Å². The van der Waals surface area contributed by atoms with Crippen LogP contribution in [0.5, 0.6) is 0 Å². The number of carbonyl (C=O) groups is 1. The number of aryl methyl sites for hydroxylation is 1. The first kappa shape index (κ1) is 10.8. The van der Waals surface area contributed by atoms with Gasteiger partial charge in [0, 0.05) is 6.42 Å². The molecule has 0 aromatic carbocycles. The largest absolute Gasteiger partial charge is 0.330 e. The summed E-state index contributed by atoms with van der Waals surface area (Å²) in [7, 11) is 1.67. The first-order valence-corrected chi connectivity index (χ1v) is 4.56. The molecule has 0 radical (unpaired) electrons. The van der Waals surface area contributed by atoms with Gasteiger partial charge in [-0.3, -0.25) is 4.79 Å². The molecule has 0 aliphatic carbocycles. The molecule has 1 rings (SSSR count). The van der Waals surface area contributed by atoms with Crippen LogP contribution in [0.15, 0.2) is 0 Å². The monoisotopic (exact) mass is 197 g/mol. The molecule has 0 amide bonds. The molecule has 1 aromatic heterocycles. The topological polar surface area (TPSA) is 86.7 Å². The van der Waals surface area contributed by atoms with Gasteiger partial charge in [0.15, 0.2) is 5.82 Å². The van der Waals surface area contributed by atoms with E-state index in [1.165, 1.54) is 4.80 Å². The average molecular weight is 197 g/mol. The fourth-order valence-corrected chi connectivity index (χ4v) is 1.11.